The van der Waals surface area contributed by atoms with Gasteiger partial charge in [0.1, 0.15) is 5.82 Å². The van der Waals surface area contributed by atoms with E-state index in [9.17, 15) is 0 Å². The summed E-state index contributed by atoms with van der Waals surface area (Å²) in [6.07, 6.45) is 0.758. The van der Waals surface area contributed by atoms with E-state index in [0.717, 1.165) is 28.8 Å². The molecule has 4 aromatic rings. The van der Waals surface area contributed by atoms with Gasteiger partial charge >= 0.3 is 0 Å². The zero-order chi connectivity index (χ0) is 18.5. The summed E-state index contributed by atoms with van der Waals surface area (Å²) >= 11 is 1.72. The highest BCUT2D eigenvalue weighted by molar-refractivity contribution is 7.98. The number of hydrogen-bond donors (Lipinski definition) is 0. The Morgan fingerprint density at radius 2 is 1.41 bits per heavy atom. The first kappa shape index (κ1) is 17.6. The van der Waals surface area contributed by atoms with Crippen molar-refractivity contribution in [1.29, 1.82) is 0 Å². The smallest absolute Gasteiger partial charge is 0.196 e. The van der Waals surface area contributed by atoms with Crippen LogP contribution < -0.4 is 0 Å². The van der Waals surface area contributed by atoms with Crippen LogP contribution in [0.2, 0.25) is 0 Å². The minimum atomic E-state index is 0.758. The summed E-state index contributed by atoms with van der Waals surface area (Å²) in [5, 5.41) is 9.93. The van der Waals surface area contributed by atoms with E-state index in [-0.39, 0.29) is 0 Å². The van der Waals surface area contributed by atoms with Crippen molar-refractivity contribution in [1.82, 2.24) is 14.8 Å². The van der Waals surface area contributed by atoms with Crippen molar-refractivity contribution in [2.45, 2.75) is 24.3 Å². The lowest BCUT2D eigenvalue weighted by molar-refractivity contribution is 0.848. The van der Waals surface area contributed by atoms with E-state index in [0.29, 0.717) is 0 Å². The molecule has 0 aliphatic rings. The number of aromatic nitrogens is 3. The average Bonchev–Trinajstić information content (AvgIpc) is 3.11. The van der Waals surface area contributed by atoms with Crippen molar-refractivity contribution in [3.8, 4) is 5.69 Å². The zero-order valence-corrected chi connectivity index (χ0v) is 16.1. The molecule has 0 unspecified atom stereocenters. The summed E-state index contributed by atoms with van der Waals surface area (Å²) in [5.74, 6) is 1.83. The van der Waals surface area contributed by atoms with Gasteiger partial charge in [-0.15, -0.1) is 10.2 Å². The van der Waals surface area contributed by atoms with E-state index in [2.05, 4.69) is 94.5 Å². The minimum absolute atomic E-state index is 0.758. The minimum Gasteiger partial charge on any atom is -0.274 e. The van der Waals surface area contributed by atoms with Gasteiger partial charge in [-0.25, -0.2) is 0 Å². The number of nitrogens with zero attached hydrogens (tertiary/aromatic N) is 3. The highest BCUT2D eigenvalue weighted by Crippen LogP contribution is 2.26. The second kappa shape index (κ2) is 8.23. The average molecular weight is 372 g/mol. The molecule has 0 aliphatic heterocycles. The zero-order valence-electron chi connectivity index (χ0n) is 15.2. The molecule has 1 aromatic heterocycles. The normalized spacial score (nSPS) is 10.9. The van der Waals surface area contributed by atoms with Crippen molar-refractivity contribution in [3.05, 3.63) is 107 Å². The van der Waals surface area contributed by atoms with Gasteiger partial charge in [-0.3, -0.25) is 4.57 Å². The number of benzene rings is 3. The fourth-order valence-corrected chi connectivity index (χ4v) is 3.88. The van der Waals surface area contributed by atoms with Crippen LogP contribution in [0.4, 0.5) is 0 Å². The number of rotatable bonds is 6. The van der Waals surface area contributed by atoms with E-state index >= 15 is 0 Å². The molecule has 0 amide bonds. The van der Waals surface area contributed by atoms with E-state index in [1.807, 2.05) is 12.1 Å². The fraction of sp³-hybridized carbons (Fsp3) is 0.130. The van der Waals surface area contributed by atoms with Gasteiger partial charge in [0.25, 0.3) is 0 Å². The van der Waals surface area contributed by atoms with E-state index < -0.39 is 0 Å². The van der Waals surface area contributed by atoms with Crippen molar-refractivity contribution >= 4 is 11.8 Å². The monoisotopic (exact) mass is 371 g/mol. The van der Waals surface area contributed by atoms with Crippen LogP contribution in [0.15, 0.2) is 90.1 Å². The molecular weight excluding hydrogens is 350 g/mol. The van der Waals surface area contributed by atoms with E-state index in [4.69, 9.17) is 0 Å². The molecule has 0 radical (unpaired) electrons. The van der Waals surface area contributed by atoms with Crippen LogP contribution in [-0.2, 0) is 12.2 Å². The third kappa shape index (κ3) is 4.29. The molecule has 0 saturated carbocycles. The largest absolute Gasteiger partial charge is 0.274 e. The van der Waals surface area contributed by atoms with Crippen LogP contribution in [-0.4, -0.2) is 14.8 Å². The summed E-state index contributed by atoms with van der Waals surface area (Å²) in [4.78, 5) is 0. The topological polar surface area (TPSA) is 30.7 Å². The van der Waals surface area contributed by atoms with E-state index in [1.165, 1.54) is 16.7 Å². The lowest BCUT2D eigenvalue weighted by Crippen LogP contribution is -2.03. The Hall–Kier alpha value is -2.85. The number of para-hydroxylation sites is 1. The molecule has 4 rings (SSSR count). The standard InChI is InChI=1S/C23H21N3S/c1-18-12-14-20(15-13-18)17-27-23-25-24-22(16-19-8-4-2-5-9-19)26(23)21-10-6-3-7-11-21/h2-15H,16-17H2,1H3. The molecule has 1 heterocycles. The molecule has 3 nitrogen and oxygen atoms in total. The molecule has 0 N–H and O–H groups in total. The number of hydrogen-bond acceptors (Lipinski definition) is 3. The third-order valence-corrected chi connectivity index (χ3v) is 5.41. The number of aryl methyl sites for hydroxylation is 1. The van der Waals surface area contributed by atoms with Gasteiger partial charge in [-0.2, -0.15) is 0 Å². The first-order valence-corrected chi connectivity index (χ1v) is 10.00. The van der Waals surface area contributed by atoms with Crippen molar-refractivity contribution < 1.29 is 0 Å². The molecule has 0 saturated heterocycles. The Morgan fingerprint density at radius 3 is 2.11 bits per heavy atom. The quantitative estimate of drug-likeness (QED) is 0.422. The van der Waals surface area contributed by atoms with Gasteiger partial charge < -0.3 is 0 Å². The Bertz CT molecular complexity index is 993. The fourth-order valence-electron chi connectivity index (χ4n) is 2.96. The summed E-state index contributed by atoms with van der Waals surface area (Å²) in [6, 6.07) is 29.4. The molecule has 0 fully saturated rings. The molecule has 4 heteroatoms. The van der Waals surface area contributed by atoms with Gasteiger partial charge in [0.15, 0.2) is 5.16 Å². The van der Waals surface area contributed by atoms with Gasteiger partial charge in [-0.1, -0.05) is 90.1 Å². The summed E-state index contributed by atoms with van der Waals surface area (Å²) in [6.45, 7) is 2.11. The molecule has 0 atom stereocenters. The summed E-state index contributed by atoms with van der Waals surface area (Å²) in [7, 11) is 0. The molecule has 27 heavy (non-hydrogen) atoms. The molecule has 0 aliphatic carbocycles. The Kier molecular flexibility index (Phi) is 5.35. The van der Waals surface area contributed by atoms with E-state index in [1.54, 1.807) is 11.8 Å². The van der Waals surface area contributed by atoms with Crippen molar-refractivity contribution in [3.63, 3.8) is 0 Å². The molecule has 134 valence electrons. The van der Waals surface area contributed by atoms with Gasteiger partial charge in [-0.05, 0) is 30.2 Å². The van der Waals surface area contributed by atoms with Crippen LogP contribution in [0, 0.1) is 6.92 Å². The van der Waals surface area contributed by atoms with Crippen LogP contribution in [0.5, 0.6) is 0 Å². The van der Waals surface area contributed by atoms with Gasteiger partial charge in [0.2, 0.25) is 0 Å². The number of thioether (sulfide) groups is 1. The lowest BCUT2D eigenvalue weighted by Gasteiger charge is -2.10. The SMILES string of the molecule is Cc1ccc(CSc2nnc(Cc3ccccc3)n2-c2ccccc2)cc1. The van der Waals surface area contributed by atoms with Crippen LogP contribution in [0.3, 0.4) is 0 Å². The predicted octanol–water partition coefficient (Wildman–Crippen LogP) is 5.46. The summed E-state index contributed by atoms with van der Waals surface area (Å²) in [5.41, 5.74) is 4.90. The Labute approximate surface area is 164 Å². The Balaban J connectivity index is 1.63. The van der Waals surface area contributed by atoms with Crippen LogP contribution >= 0.6 is 11.8 Å². The molecule has 0 bridgehead atoms. The van der Waals surface area contributed by atoms with Gasteiger partial charge in [0.05, 0.1) is 0 Å². The molecule has 0 spiro atoms. The van der Waals surface area contributed by atoms with Crippen molar-refractivity contribution in [2.24, 2.45) is 0 Å². The van der Waals surface area contributed by atoms with Crippen LogP contribution in [0.25, 0.3) is 5.69 Å². The maximum atomic E-state index is 4.51. The highest BCUT2D eigenvalue weighted by atomic mass is 32.2. The molecular formula is C23H21N3S. The Morgan fingerprint density at radius 1 is 0.741 bits per heavy atom. The first-order valence-electron chi connectivity index (χ1n) is 9.01. The first-order chi connectivity index (χ1) is 13.3. The third-order valence-electron chi connectivity index (χ3n) is 4.41. The second-order valence-corrected chi connectivity index (χ2v) is 7.45. The maximum absolute atomic E-state index is 4.51. The van der Waals surface area contributed by atoms with Crippen LogP contribution in [0.1, 0.15) is 22.5 Å². The van der Waals surface area contributed by atoms with Crippen molar-refractivity contribution in [2.75, 3.05) is 0 Å². The second-order valence-electron chi connectivity index (χ2n) is 6.51. The van der Waals surface area contributed by atoms with Gasteiger partial charge in [0, 0.05) is 17.9 Å². The molecule has 3 aromatic carbocycles. The summed E-state index contributed by atoms with van der Waals surface area (Å²) < 4.78 is 2.17. The highest BCUT2D eigenvalue weighted by Gasteiger charge is 2.15. The maximum Gasteiger partial charge on any atom is 0.196 e. The predicted molar refractivity (Wildman–Crippen MR) is 111 cm³/mol. The lowest BCUT2D eigenvalue weighted by atomic mass is 10.1.